The lowest BCUT2D eigenvalue weighted by Gasteiger charge is -1.94. The minimum atomic E-state index is -2.82. The van der Waals surface area contributed by atoms with Crippen molar-refractivity contribution in [3.8, 4) is 0 Å². The maximum Gasteiger partial charge on any atom is 0.330 e. The quantitative estimate of drug-likeness (QED) is 0.422. The zero-order valence-corrected chi connectivity index (χ0v) is 5.10. The van der Waals surface area contributed by atoms with Crippen LogP contribution in [0.5, 0.6) is 0 Å². The number of ether oxygens (including phenoxy) is 1. The van der Waals surface area contributed by atoms with Crippen LogP contribution in [-0.4, -0.2) is 12.6 Å². The Hall–Kier alpha value is -0.790. The van der Waals surface area contributed by atoms with Gasteiger partial charge in [0, 0.05) is 14.3 Å². The van der Waals surface area contributed by atoms with Crippen molar-refractivity contribution in [3.63, 3.8) is 0 Å². The van der Waals surface area contributed by atoms with E-state index in [2.05, 4.69) is 4.74 Å². The second-order valence-corrected chi connectivity index (χ2v) is 1.31. The molecule has 0 unspecified atom stereocenters. The van der Waals surface area contributed by atoms with Crippen LogP contribution in [0.15, 0.2) is 11.6 Å². The molecule has 0 fully saturated rings. The first-order valence-electron chi connectivity index (χ1n) is 5.48. The van der Waals surface area contributed by atoms with E-state index in [1.165, 1.54) is 6.92 Å². The Bertz CT molecular complexity index is 246. The number of hydrogen-bond donors (Lipinski definition) is 0. The van der Waals surface area contributed by atoms with Gasteiger partial charge in [0.05, 0.1) is 6.61 Å². The molecule has 0 aliphatic rings. The van der Waals surface area contributed by atoms with Gasteiger partial charge in [-0.15, -0.1) is 0 Å². The van der Waals surface area contributed by atoms with E-state index in [0.717, 1.165) is 0 Å². The van der Waals surface area contributed by atoms with Crippen LogP contribution >= 0.6 is 0 Å². The molecule has 0 aliphatic carbocycles. The molecule has 2 nitrogen and oxygen atoms in total. The van der Waals surface area contributed by atoms with Gasteiger partial charge in [-0.3, -0.25) is 0 Å². The molecular formula is C7H12O2. The first-order chi connectivity index (χ1) is 6.59. The first kappa shape index (κ1) is 2.45. The molecule has 2 heteroatoms. The first-order valence-corrected chi connectivity index (χ1v) is 2.48. The van der Waals surface area contributed by atoms with Crippen molar-refractivity contribution in [2.45, 2.75) is 20.6 Å². The van der Waals surface area contributed by atoms with Gasteiger partial charge in [0.15, 0.2) is 0 Å². The number of carbonyl (C=O) groups excluding carboxylic acids is 1. The smallest absolute Gasteiger partial charge is 0.330 e. The van der Waals surface area contributed by atoms with Gasteiger partial charge in [0.1, 0.15) is 0 Å². The molecule has 0 aromatic rings. The molecular weight excluding hydrogens is 116 g/mol. The van der Waals surface area contributed by atoms with Crippen LogP contribution in [0.3, 0.4) is 0 Å². The number of rotatable bonds is 2. The summed E-state index contributed by atoms with van der Waals surface area (Å²) in [6.07, 6.45) is 0.517. The Morgan fingerprint density at radius 3 is 2.89 bits per heavy atom. The molecule has 0 rings (SSSR count). The van der Waals surface area contributed by atoms with Crippen molar-refractivity contribution in [2.24, 2.45) is 0 Å². The normalized spacial score (nSPS) is 21.0. The lowest BCUT2D eigenvalue weighted by atomic mass is 10.3. The molecule has 0 saturated heterocycles. The zero-order chi connectivity index (χ0) is 12.3. The fourth-order valence-corrected chi connectivity index (χ4v) is 0.302. The third-order valence-corrected chi connectivity index (χ3v) is 0.549. The van der Waals surface area contributed by atoms with Gasteiger partial charge in [-0.25, -0.2) is 4.79 Å². The highest BCUT2D eigenvalue weighted by atomic mass is 16.5. The van der Waals surface area contributed by atoms with Gasteiger partial charge in [-0.2, -0.15) is 0 Å². The van der Waals surface area contributed by atoms with Gasteiger partial charge >= 0.3 is 5.97 Å². The van der Waals surface area contributed by atoms with Crippen LogP contribution in [0.2, 0.25) is 0 Å². The molecule has 0 aromatic carbocycles. The predicted octanol–water partition coefficient (Wildman–Crippen LogP) is 1.52. The molecule has 9 heavy (non-hydrogen) atoms. The summed E-state index contributed by atoms with van der Waals surface area (Å²) in [6.45, 7) is -4.04. The summed E-state index contributed by atoms with van der Waals surface area (Å²) < 4.78 is 46.3. The fourth-order valence-electron chi connectivity index (χ4n) is 0.302. The predicted molar refractivity (Wildman–Crippen MR) is 36.1 cm³/mol. The number of carbonyl (C=O) groups is 1. The van der Waals surface area contributed by atoms with Crippen LogP contribution in [0, 0.1) is 0 Å². The Labute approximate surface area is 63.9 Å². The summed E-state index contributed by atoms with van der Waals surface area (Å²) in [7, 11) is 0. The Morgan fingerprint density at radius 1 is 1.78 bits per heavy atom. The topological polar surface area (TPSA) is 26.3 Å². The van der Waals surface area contributed by atoms with Gasteiger partial charge < -0.3 is 4.74 Å². The van der Waals surface area contributed by atoms with E-state index >= 15 is 0 Å². The molecule has 0 saturated carbocycles. The summed E-state index contributed by atoms with van der Waals surface area (Å²) in [4.78, 5) is 10.9. The summed E-state index contributed by atoms with van der Waals surface area (Å²) >= 11 is 0. The van der Waals surface area contributed by atoms with Gasteiger partial charge in [0.25, 0.3) is 0 Å². The minimum absolute atomic E-state index is 0.0601. The van der Waals surface area contributed by atoms with Gasteiger partial charge in [-0.05, 0) is 20.6 Å². The van der Waals surface area contributed by atoms with E-state index in [1.54, 1.807) is 0 Å². The van der Waals surface area contributed by atoms with Crippen molar-refractivity contribution in [3.05, 3.63) is 11.6 Å². The maximum atomic E-state index is 10.9. The number of allylic oxidation sites excluding steroid dienone is 1. The Kier molecular flexibility index (Phi) is 1.12. The third-order valence-electron chi connectivity index (χ3n) is 0.549. The van der Waals surface area contributed by atoms with Gasteiger partial charge in [-0.1, -0.05) is 5.57 Å². The van der Waals surface area contributed by atoms with Crippen molar-refractivity contribution in [2.75, 3.05) is 6.61 Å². The molecule has 0 heterocycles. The molecule has 0 spiro atoms. The monoisotopic (exact) mass is 134 g/mol. The molecule has 0 amide bonds. The van der Waals surface area contributed by atoms with E-state index < -0.39 is 25.2 Å². The average Bonchev–Trinajstić information content (AvgIpc) is 1.96. The molecule has 0 bridgehead atoms. The van der Waals surface area contributed by atoms with Crippen molar-refractivity contribution < 1.29 is 17.8 Å². The largest absolute Gasteiger partial charge is 0.463 e. The Balaban J connectivity index is 5.05. The highest BCUT2D eigenvalue weighted by Crippen LogP contribution is 1.89. The van der Waals surface area contributed by atoms with Crippen LogP contribution in [0.4, 0.5) is 0 Å². The second-order valence-electron chi connectivity index (χ2n) is 1.31. The zero-order valence-electron chi connectivity index (χ0n) is 11.1. The van der Waals surface area contributed by atoms with Crippen molar-refractivity contribution >= 4 is 5.97 Å². The summed E-state index contributed by atoms with van der Waals surface area (Å²) in [5, 5.41) is 0. The van der Waals surface area contributed by atoms with Crippen LogP contribution < -0.4 is 0 Å². The highest BCUT2D eigenvalue weighted by Gasteiger charge is 1.92. The van der Waals surface area contributed by atoms with E-state index in [-0.39, 0.29) is 6.61 Å². The van der Waals surface area contributed by atoms with Crippen LogP contribution in [0.1, 0.15) is 28.9 Å². The number of hydrogen-bond acceptors (Lipinski definition) is 2. The minimum Gasteiger partial charge on any atom is -0.463 e. The van der Waals surface area contributed by atoms with E-state index in [1.807, 2.05) is 0 Å². The standard InChI is InChI=1S/C7H12O2/c1-4-9-7(8)5-6(2)3/h5H,4H2,1-3H3/i2D3,3D3. The summed E-state index contributed by atoms with van der Waals surface area (Å²) in [6, 6.07) is 0. The summed E-state index contributed by atoms with van der Waals surface area (Å²) in [5.41, 5.74) is -0.881. The lowest BCUT2D eigenvalue weighted by Crippen LogP contribution is -1.99. The van der Waals surface area contributed by atoms with Crippen molar-refractivity contribution in [1.82, 2.24) is 0 Å². The van der Waals surface area contributed by atoms with E-state index in [9.17, 15) is 4.79 Å². The lowest BCUT2D eigenvalue weighted by molar-refractivity contribution is -0.137. The second kappa shape index (κ2) is 4.13. The fraction of sp³-hybridized carbons (Fsp3) is 0.571. The van der Waals surface area contributed by atoms with Crippen LogP contribution in [0.25, 0.3) is 0 Å². The van der Waals surface area contributed by atoms with Crippen molar-refractivity contribution in [1.29, 1.82) is 0 Å². The molecule has 0 aliphatic heterocycles. The third kappa shape index (κ3) is 5.07. The van der Waals surface area contributed by atoms with E-state index in [4.69, 9.17) is 8.22 Å². The summed E-state index contributed by atoms with van der Waals surface area (Å²) in [5.74, 6) is -0.959. The SMILES string of the molecule is [2H]C([2H])([2H])C(=CC(=O)OCC)C([2H])([2H])[2H]. The molecule has 0 aromatic heterocycles. The Morgan fingerprint density at radius 2 is 2.44 bits per heavy atom. The molecule has 52 valence electrons. The number of esters is 1. The highest BCUT2D eigenvalue weighted by molar-refractivity contribution is 5.82. The molecule has 0 N–H and O–H groups in total. The van der Waals surface area contributed by atoms with Gasteiger partial charge in [0.2, 0.25) is 0 Å². The molecule has 0 atom stereocenters. The van der Waals surface area contributed by atoms with E-state index in [0.29, 0.717) is 6.08 Å². The maximum absolute atomic E-state index is 10.9. The van der Waals surface area contributed by atoms with Crippen LogP contribution in [-0.2, 0) is 9.53 Å². The molecule has 0 radical (unpaired) electrons. The average molecular weight is 134 g/mol.